The fraction of sp³-hybridized carbons (Fsp3) is 0.950. The molecule has 2 fully saturated rings. The van der Waals surface area contributed by atoms with Crippen LogP contribution in [0.1, 0.15) is 96.8 Å². The van der Waals surface area contributed by atoms with Crippen molar-refractivity contribution in [1.29, 1.82) is 0 Å². The zero-order valence-corrected chi connectivity index (χ0v) is 14.6. The number of carboxylic acid groups (broad SMARTS) is 1. The molecular weight excluding hydrogens is 272 g/mol. The van der Waals surface area contributed by atoms with Gasteiger partial charge in [-0.1, -0.05) is 64.7 Å². The van der Waals surface area contributed by atoms with E-state index in [-0.39, 0.29) is 0 Å². The topological polar surface area (TPSA) is 37.3 Å². The van der Waals surface area contributed by atoms with E-state index in [1.165, 1.54) is 64.2 Å². The molecule has 2 aliphatic rings. The molecule has 0 bridgehead atoms. The van der Waals surface area contributed by atoms with Gasteiger partial charge in [-0.25, -0.2) is 0 Å². The molecule has 4 atom stereocenters. The van der Waals surface area contributed by atoms with Gasteiger partial charge in [0.25, 0.3) is 0 Å². The second-order valence-electron chi connectivity index (χ2n) is 7.94. The van der Waals surface area contributed by atoms with Crippen LogP contribution in [0.2, 0.25) is 0 Å². The van der Waals surface area contributed by atoms with Gasteiger partial charge in [0.1, 0.15) is 0 Å². The Balaban J connectivity index is 1.36. The van der Waals surface area contributed by atoms with Gasteiger partial charge >= 0.3 is 5.97 Å². The van der Waals surface area contributed by atoms with Crippen molar-refractivity contribution < 1.29 is 9.90 Å². The SMILES string of the molecule is CCCCC[C@@H]1C[C@@H]1CC1C[C@H]1CCCCCCCC(=O)O. The molecule has 2 aliphatic carbocycles. The van der Waals surface area contributed by atoms with Crippen LogP contribution >= 0.6 is 0 Å². The molecule has 1 unspecified atom stereocenters. The molecule has 0 aromatic heterocycles. The number of unbranched alkanes of at least 4 members (excludes halogenated alkanes) is 6. The molecule has 2 nitrogen and oxygen atoms in total. The summed E-state index contributed by atoms with van der Waals surface area (Å²) >= 11 is 0. The van der Waals surface area contributed by atoms with Crippen LogP contribution in [0.25, 0.3) is 0 Å². The summed E-state index contributed by atoms with van der Waals surface area (Å²) < 4.78 is 0. The van der Waals surface area contributed by atoms with E-state index in [1.807, 2.05) is 0 Å². The molecule has 22 heavy (non-hydrogen) atoms. The molecule has 2 rings (SSSR count). The average molecular weight is 309 g/mol. The molecule has 0 heterocycles. The molecule has 2 saturated carbocycles. The summed E-state index contributed by atoms with van der Waals surface area (Å²) in [7, 11) is 0. The molecule has 0 aliphatic heterocycles. The van der Waals surface area contributed by atoms with Crippen LogP contribution in [0.4, 0.5) is 0 Å². The first-order valence-electron chi connectivity index (χ1n) is 9.92. The summed E-state index contributed by atoms with van der Waals surface area (Å²) in [4.78, 5) is 10.4. The third-order valence-corrected chi connectivity index (χ3v) is 5.89. The molecule has 0 spiro atoms. The number of hydrogen-bond donors (Lipinski definition) is 1. The first-order valence-corrected chi connectivity index (χ1v) is 9.92. The summed E-state index contributed by atoms with van der Waals surface area (Å²) in [5, 5.41) is 8.58. The maximum absolute atomic E-state index is 10.4. The van der Waals surface area contributed by atoms with Gasteiger partial charge in [-0.15, -0.1) is 0 Å². The Bertz CT molecular complexity index is 326. The van der Waals surface area contributed by atoms with Gasteiger partial charge in [0.2, 0.25) is 0 Å². The molecule has 2 heteroatoms. The van der Waals surface area contributed by atoms with E-state index in [0.29, 0.717) is 6.42 Å². The molecule has 0 radical (unpaired) electrons. The molecule has 1 N–H and O–H groups in total. The Kier molecular flexibility index (Phi) is 7.75. The van der Waals surface area contributed by atoms with Crippen molar-refractivity contribution in [3.8, 4) is 0 Å². The smallest absolute Gasteiger partial charge is 0.303 e. The summed E-state index contributed by atoms with van der Waals surface area (Å²) in [5.41, 5.74) is 0. The van der Waals surface area contributed by atoms with Crippen LogP contribution in [0, 0.1) is 23.7 Å². The fourth-order valence-electron chi connectivity index (χ4n) is 4.16. The Hall–Kier alpha value is -0.530. The van der Waals surface area contributed by atoms with E-state index in [1.54, 1.807) is 6.42 Å². The summed E-state index contributed by atoms with van der Waals surface area (Å²) in [6.45, 7) is 2.30. The first kappa shape index (κ1) is 17.8. The van der Waals surface area contributed by atoms with E-state index in [2.05, 4.69) is 6.92 Å². The molecule has 0 amide bonds. The van der Waals surface area contributed by atoms with Gasteiger partial charge in [-0.2, -0.15) is 0 Å². The van der Waals surface area contributed by atoms with Crippen LogP contribution in [-0.4, -0.2) is 11.1 Å². The predicted octanol–water partition coefficient (Wildman–Crippen LogP) is 6.04. The van der Waals surface area contributed by atoms with E-state index in [0.717, 1.165) is 36.5 Å². The highest BCUT2D eigenvalue weighted by Gasteiger charge is 2.44. The van der Waals surface area contributed by atoms with Gasteiger partial charge < -0.3 is 5.11 Å². The minimum absolute atomic E-state index is 0.353. The van der Waals surface area contributed by atoms with Crippen LogP contribution in [0.15, 0.2) is 0 Å². The Morgan fingerprint density at radius 2 is 1.36 bits per heavy atom. The Morgan fingerprint density at radius 1 is 0.818 bits per heavy atom. The Labute approximate surface area is 137 Å². The minimum atomic E-state index is -0.645. The van der Waals surface area contributed by atoms with E-state index in [4.69, 9.17) is 5.11 Å². The number of carboxylic acids is 1. The second kappa shape index (κ2) is 9.57. The second-order valence-corrected chi connectivity index (χ2v) is 7.94. The van der Waals surface area contributed by atoms with Gasteiger partial charge in [-0.3, -0.25) is 4.79 Å². The number of rotatable bonds is 14. The number of aliphatic carboxylic acids is 1. The van der Waals surface area contributed by atoms with Crippen molar-refractivity contribution >= 4 is 5.97 Å². The zero-order valence-electron chi connectivity index (χ0n) is 14.6. The van der Waals surface area contributed by atoms with E-state index >= 15 is 0 Å². The number of hydrogen-bond acceptors (Lipinski definition) is 1. The lowest BCUT2D eigenvalue weighted by molar-refractivity contribution is -0.137. The third-order valence-electron chi connectivity index (χ3n) is 5.89. The first-order chi connectivity index (χ1) is 10.7. The van der Waals surface area contributed by atoms with Crippen molar-refractivity contribution in [1.82, 2.24) is 0 Å². The van der Waals surface area contributed by atoms with Crippen LogP contribution in [-0.2, 0) is 4.79 Å². The van der Waals surface area contributed by atoms with Crippen LogP contribution in [0.5, 0.6) is 0 Å². The summed E-state index contributed by atoms with van der Waals surface area (Å²) in [5.74, 6) is 3.68. The minimum Gasteiger partial charge on any atom is -0.481 e. The standard InChI is InChI=1S/C20H36O2/c1-2-3-7-10-16-13-18(16)15-19-14-17(19)11-8-5-4-6-9-12-20(21)22/h16-19H,2-15H2,1H3,(H,21,22)/t16-,17-,18-,19?/m1/s1. The van der Waals surface area contributed by atoms with Crippen molar-refractivity contribution in [2.45, 2.75) is 96.8 Å². The van der Waals surface area contributed by atoms with Crippen molar-refractivity contribution in [2.24, 2.45) is 23.7 Å². The normalized spacial score (nSPS) is 29.5. The van der Waals surface area contributed by atoms with E-state index < -0.39 is 5.97 Å². The highest BCUT2D eigenvalue weighted by molar-refractivity contribution is 5.66. The van der Waals surface area contributed by atoms with Crippen molar-refractivity contribution in [2.75, 3.05) is 0 Å². The fourth-order valence-corrected chi connectivity index (χ4v) is 4.16. The lowest BCUT2D eigenvalue weighted by atomic mass is 10.0. The Morgan fingerprint density at radius 3 is 1.95 bits per heavy atom. The van der Waals surface area contributed by atoms with Crippen LogP contribution in [0.3, 0.4) is 0 Å². The van der Waals surface area contributed by atoms with Crippen LogP contribution < -0.4 is 0 Å². The maximum atomic E-state index is 10.4. The summed E-state index contributed by atoms with van der Waals surface area (Å²) in [6, 6.07) is 0. The molecule has 0 aromatic carbocycles. The highest BCUT2D eigenvalue weighted by atomic mass is 16.4. The third kappa shape index (κ3) is 7.15. The predicted molar refractivity (Wildman–Crippen MR) is 91.9 cm³/mol. The molecule has 128 valence electrons. The lowest BCUT2D eigenvalue weighted by Crippen LogP contribution is -1.93. The van der Waals surface area contributed by atoms with Gasteiger partial charge in [0, 0.05) is 6.42 Å². The van der Waals surface area contributed by atoms with Gasteiger partial charge in [-0.05, 0) is 49.4 Å². The molecule has 0 saturated heterocycles. The summed E-state index contributed by atoms with van der Waals surface area (Å²) in [6.07, 6.45) is 18.0. The monoisotopic (exact) mass is 308 g/mol. The number of carbonyl (C=O) groups is 1. The van der Waals surface area contributed by atoms with Gasteiger partial charge in [0.15, 0.2) is 0 Å². The molecular formula is C20H36O2. The molecule has 0 aromatic rings. The van der Waals surface area contributed by atoms with E-state index in [9.17, 15) is 4.79 Å². The largest absolute Gasteiger partial charge is 0.481 e. The highest BCUT2D eigenvalue weighted by Crippen LogP contribution is 2.54. The average Bonchev–Trinajstić information content (AvgIpc) is 3.38. The quantitative estimate of drug-likeness (QED) is 0.397. The van der Waals surface area contributed by atoms with Crippen molar-refractivity contribution in [3.05, 3.63) is 0 Å². The van der Waals surface area contributed by atoms with Gasteiger partial charge in [0.05, 0.1) is 0 Å². The maximum Gasteiger partial charge on any atom is 0.303 e. The zero-order chi connectivity index (χ0) is 15.8. The lowest BCUT2D eigenvalue weighted by Gasteiger charge is -2.02. The van der Waals surface area contributed by atoms with Crippen molar-refractivity contribution in [3.63, 3.8) is 0 Å².